The summed E-state index contributed by atoms with van der Waals surface area (Å²) in [5.41, 5.74) is 1.05. The second-order valence-corrected chi connectivity index (χ2v) is 7.52. The van der Waals surface area contributed by atoms with E-state index >= 15 is 0 Å². The molecule has 1 aliphatic rings. The Bertz CT molecular complexity index is 790. The second kappa shape index (κ2) is 8.75. The molecule has 5 nitrogen and oxygen atoms in total. The van der Waals surface area contributed by atoms with Crippen molar-refractivity contribution in [3.63, 3.8) is 0 Å². The number of hydrogen-bond acceptors (Lipinski definition) is 3. The zero-order valence-electron chi connectivity index (χ0n) is 16.3. The van der Waals surface area contributed by atoms with E-state index in [4.69, 9.17) is 0 Å². The summed E-state index contributed by atoms with van der Waals surface area (Å²) in [5.74, 6) is 1.04. The van der Waals surface area contributed by atoms with Crippen molar-refractivity contribution in [1.29, 1.82) is 0 Å². The minimum Gasteiger partial charge on any atom is -0.310 e. The lowest BCUT2D eigenvalue weighted by Gasteiger charge is -2.17. The molecule has 0 bridgehead atoms. The van der Waals surface area contributed by atoms with Crippen molar-refractivity contribution in [1.82, 2.24) is 10.3 Å². The minimum absolute atomic E-state index is 0.0775. The van der Waals surface area contributed by atoms with Crippen molar-refractivity contribution in [3.05, 3.63) is 60.2 Å². The summed E-state index contributed by atoms with van der Waals surface area (Å²) in [6.07, 6.45) is 5.20. The second-order valence-electron chi connectivity index (χ2n) is 7.52. The van der Waals surface area contributed by atoms with Gasteiger partial charge in [-0.25, -0.2) is 13.9 Å². The van der Waals surface area contributed by atoms with Crippen LogP contribution in [0.1, 0.15) is 32.9 Å². The van der Waals surface area contributed by atoms with Crippen LogP contribution in [0.3, 0.4) is 0 Å². The number of hydrogen-bond donors (Lipinski definition) is 2. The lowest BCUT2D eigenvalue weighted by Crippen LogP contribution is -2.28. The first-order chi connectivity index (χ1) is 12.7. The minimum atomic E-state index is -0.989. The third kappa shape index (κ3) is 6.16. The molecule has 0 aliphatic heterocycles. The summed E-state index contributed by atoms with van der Waals surface area (Å²) in [6.45, 7) is 14.0. The van der Waals surface area contributed by atoms with Crippen molar-refractivity contribution in [2.24, 2.45) is 5.41 Å². The van der Waals surface area contributed by atoms with E-state index in [1.807, 2.05) is 39.0 Å². The van der Waals surface area contributed by atoms with Crippen LogP contribution in [0.25, 0.3) is 0 Å². The first-order valence-corrected chi connectivity index (χ1v) is 9.00. The fourth-order valence-electron chi connectivity index (χ4n) is 2.39. The third-order valence-corrected chi connectivity index (χ3v) is 4.08. The number of carbonyl (C=O) groups is 1. The molecule has 1 unspecified atom stereocenters. The first-order valence-electron chi connectivity index (χ1n) is 9.00. The molecule has 1 aromatic heterocycles. The predicted octanol–water partition coefficient (Wildman–Crippen LogP) is 3.56. The fraction of sp³-hybridized carbons (Fsp3) is 0.381. The molecule has 2 N–H and O–H groups in total. The van der Waals surface area contributed by atoms with Crippen molar-refractivity contribution < 1.29 is 13.8 Å². The van der Waals surface area contributed by atoms with Gasteiger partial charge in [-0.05, 0) is 30.9 Å². The number of halogens is 1. The van der Waals surface area contributed by atoms with Gasteiger partial charge in [-0.1, -0.05) is 32.9 Å². The molecule has 0 aromatic carbocycles. The van der Waals surface area contributed by atoms with Crippen LogP contribution in [0.4, 0.5) is 10.2 Å². The SMILES string of the molecule is C=C(NCCc1cccc(NC(=O)C(C)(C)C)n1)[N+](=C)C1=CC(F)CC=C1. The smallest absolute Gasteiger partial charge is 0.271 e. The van der Waals surface area contributed by atoms with E-state index < -0.39 is 11.6 Å². The van der Waals surface area contributed by atoms with Crippen LogP contribution in [0.15, 0.2) is 54.5 Å². The molecule has 0 saturated heterocycles. The van der Waals surface area contributed by atoms with Gasteiger partial charge in [-0.2, -0.15) is 0 Å². The van der Waals surface area contributed by atoms with Gasteiger partial charge in [-0.15, -0.1) is 0 Å². The van der Waals surface area contributed by atoms with E-state index in [2.05, 4.69) is 28.9 Å². The van der Waals surface area contributed by atoms with Crippen molar-refractivity contribution in [2.75, 3.05) is 11.9 Å². The Morgan fingerprint density at radius 2 is 2.15 bits per heavy atom. The van der Waals surface area contributed by atoms with Crippen LogP contribution < -0.4 is 10.6 Å². The molecule has 1 amide bonds. The maximum atomic E-state index is 13.5. The lowest BCUT2D eigenvalue weighted by molar-refractivity contribution is -0.414. The zero-order chi connectivity index (χ0) is 20.0. The van der Waals surface area contributed by atoms with Gasteiger partial charge in [-0.3, -0.25) is 10.1 Å². The van der Waals surface area contributed by atoms with E-state index in [1.54, 1.807) is 16.7 Å². The highest BCUT2D eigenvalue weighted by atomic mass is 19.1. The quantitative estimate of drug-likeness (QED) is 0.569. The van der Waals surface area contributed by atoms with Gasteiger partial charge >= 0.3 is 0 Å². The number of pyridine rings is 1. The maximum Gasteiger partial charge on any atom is 0.271 e. The van der Waals surface area contributed by atoms with Gasteiger partial charge in [0.25, 0.3) is 5.82 Å². The maximum absolute atomic E-state index is 13.5. The molecule has 144 valence electrons. The summed E-state index contributed by atoms with van der Waals surface area (Å²) in [7, 11) is 0. The van der Waals surface area contributed by atoms with E-state index in [1.165, 1.54) is 6.08 Å². The Kier molecular flexibility index (Phi) is 6.66. The van der Waals surface area contributed by atoms with E-state index in [0.29, 0.717) is 36.7 Å². The normalized spacial score (nSPS) is 16.4. The van der Waals surface area contributed by atoms with E-state index in [9.17, 15) is 9.18 Å². The van der Waals surface area contributed by atoms with Crippen molar-refractivity contribution >= 4 is 18.4 Å². The zero-order valence-corrected chi connectivity index (χ0v) is 16.3. The molecule has 1 heterocycles. The molecule has 1 atom stereocenters. The number of allylic oxidation sites excluding steroid dienone is 3. The summed E-state index contributed by atoms with van der Waals surface area (Å²) < 4.78 is 15.0. The molecule has 0 fully saturated rings. The highest BCUT2D eigenvalue weighted by Gasteiger charge is 2.21. The van der Waals surface area contributed by atoms with Gasteiger partial charge in [0.15, 0.2) is 0 Å². The number of amides is 1. The molecule has 2 rings (SSSR count). The molecule has 0 saturated carbocycles. The van der Waals surface area contributed by atoms with Gasteiger partial charge in [0.2, 0.25) is 5.91 Å². The Labute approximate surface area is 160 Å². The van der Waals surface area contributed by atoms with Gasteiger partial charge in [0, 0.05) is 24.0 Å². The number of rotatable bonds is 7. The predicted molar refractivity (Wildman–Crippen MR) is 107 cm³/mol. The summed E-state index contributed by atoms with van der Waals surface area (Å²) >= 11 is 0. The Morgan fingerprint density at radius 1 is 1.41 bits per heavy atom. The topological polar surface area (TPSA) is 57.0 Å². The lowest BCUT2D eigenvalue weighted by atomic mass is 9.96. The van der Waals surface area contributed by atoms with Crippen LogP contribution in [-0.2, 0) is 11.2 Å². The molecule has 1 aliphatic carbocycles. The number of nitrogens with one attached hydrogen (secondary N) is 2. The Hall–Kier alpha value is -2.76. The molecule has 1 aromatic rings. The van der Waals surface area contributed by atoms with Gasteiger partial charge < -0.3 is 5.32 Å². The molecular formula is C21H28FN4O+. The van der Waals surface area contributed by atoms with Gasteiger partial charge in [0.05, 0.1) is 13.3 Å². The van der Waals surface area contributed by atoms with Crippen molar-refractivity contribution in [3.8, 4) is 0 Å². The molecule has 27 heavy (non-hydrogen) atoms. The standard InChI is InChI=1S/C21H27FN4O/c1-15(26(5)18-10-6-8-16(22)14-18)23-13-12-17-9-7-11-19(24-17)25-20(27)21(2,3)4/h6-7,9-11,14,16,23H,1,5,8,12-13H2,2-4H3/p+1. The Morgan fingerprint density at radius 3 is 2.81 bits per heavy atom. The average molecular weight is 371 g/mol. The summed E-state index contributed by atoms with van der Waals surface area (Å²) in [5, 5.41) is 6.00. The number of nitrogens with zero attached hydrogens (tertiary/aromatic N) is 2. The van der Waals surface area contributed by atoms with Gasteiger partial charge in [0.1, 0.15) is 17.7 Å². The number of alkyl halides is 1. The van der Waals surface area contributed by atoms with E-state index in [0.717, 1.165) is 5.69 Å². The first kappa shape index (κ1) is 20.6. The molecular weight excluding hydrogens is 343 g/mol. The van der Waals surface area contributed by atoms with Crippen LogP contribution >= 0.6 is 0 Å². The molecule has 0 spiro atoms. The largest absolute Gasteiger partial charge is 0.310 e. The van der Waals surface area contributed by atoms with E-state index in [-0.39, 0.29) is 5.91 Å². The molecule has 0 radical (unpaired) electrons. The van der Waals surface area contributed by atoms with Crippen LogP contribution in [0.5, 0.6) is 0 Å². The van der Waals surface area contributed by atoms with Crippen molar-refractivity contribution in [2.45, 2.75) is 39.8 Å². The Balaban J connectivity index is 1.87. The number of carbonyl (C=O) groups excluding carboxylic acids is 1. The monoisotopic (exact) mass is 371 g/mol. The summed E-state index contributed by atoms with van der Waals surface area (Å²) in [6, 6.07) is 5.54. The number of aromatic nitrogens is 1. The highest BCUT2D eigenvalue weighted by molar-refractivity contribution is 5.93. The van der Waals surface area contributed by atoms with Crippen LogP contribution in [0.2, 0.25) is 0 Å². The third-order valence-electron chi connectivity index (χ3n) is 4.08. The average Bonchev–Trinajstić information content (AvgIpc) is 2.60. The number of anilines is 1. The van der Waals surface area contributed by atoms with Crippen LogP contribution in [0, 0.1) is 5.41 Å². The fourth-order valence-corrected chi connectivity index (χ4v) is 2.39. The molecule has 6 heteroatoms. The highest BCUT2D eigenvalue weighted by Crippen LogP contribution is 2.17. The summed E-state index contributed by atoms with van der Waals surface area (Å²) in [4.78, 5) is 16.5. The van der Waals surface area contributed by atoms with Crippen LogP contribution in [-0.4, -0.2) is 34.9 Å².